The third kappa shape index (κ3) is 4.00. The van der Waals surface area contributed by atoms with E-state index in [0.717, 1.165) is 12.1 Å². The van der Waals surface area contributed by atoms with E-state index in [-0.39, 0.29) is 30.1 Å². The molecule has 0 spiro atoms. The fraction of sp³-hybridized carbons (Fsp3) is 0.500. The van der Waals surface area contributed by atoms with Crippen molar-refractivity contribution in [3.8, 4) is 11.4 Å². The minimum absolute atomic E-state index is 0.0808. The van der Waals surface area contributed by atoms with Crippen molar-refractivity contribution >= 4 is 0 Å². The van der Waals surface area contributed by atoms with E-state index in [9.17, 15) is 18.3 Å². The van der Waals surface area contributed by atoms with Gasteiger partial charge in [-0.3, -0.25) is 4.90 Å². The Morgan fingerprint density at radius 3 is 2.92 bits per heavy atom. The molecule has 3 rings (SSSR count). The number of aromatic nitrogens is 2. The van der Waals surface area contributed by atoms with E-state index in [1.54, 1.807) is 0 Å². The van der Waals surface area contributed by atoms with Crippen molar-refractivity contribution in [2.75, 3.05) is 26.3 Å². The van der Waals surface area contributed by atoms with Gasteiger partial charge in [-0.2, -0.15) is 18.2 Å². The van der Waals surface area contributed by atoms with Crippen LogP contribution in [0.25, 0.3) is 11.4 Å². The average Bonchev–Trinajstić information content (AvgIpc) is 3.10. The Balaban J connectivity index is 1.78. The highest BCUT2D eigenvalue weighted by Crippen LogP contribution is 2.32. The summed E-state index contributed by atoms with van der Waals surface area (Å²) in [4.78, 5) is 6.26. The van der Waals surface area contributed by atoms with E-state index in [4.69, 9.17) is 9.26 Å². The van der Waals surface area contributed by atoms with Crippen LogP contribution in [-0.4, -0.2) is 52.6 Å². The maximum atomic E-state index is 12.8. The molecule has 2 aromatic rings. The Hall–Kier alpha value is -1.97. The van der Waals surface area contributed by atoms with Gasteiger partial charge in [-0.15, -0.1) is 0 Å². The molecular weight excluding hydrogens is 339 g/mol. The lowest BCUT2D eigenvalue weighted by Gasteiger charge is -2.34. The van der Waals surface area contributed by atoms with Crippen molar-refractivity contribution in [2.45, 2.75) is 25.2 Å². The van der Waals surface area contributed by atoms with Crippen LogP contribution in [0.2, 0.25) is 0 Å². The summed E-state index contributed by atoms with van der Waals surface area (Å²) in [5.41, 5.74) is -0.518. The molecule has 2 unspecified atom stereocenters. The molecule has 6 nitrogen and oxygen atoms in total. The summed E-state index contributed by atoms with van der Waals surface area (Å²) in [6.07, 6.45) is -4.70. The van der Waals surface area contributed by atoms with E-state index < -0.39 is 11.7 Å². The predicted octanol–water partition coefficient (Wildman–Crippen LogP) is 2.51. The summed E-state index contributed by atoms with van der Waals surface area (Å²) >= 11 is 0. The number of alkyl halides is 3. The number of rotatable bonds is 4. The largest absolute Gasteiger partial charge is 0.416 e. The van der Waals surface area contributed by atoms with E-state index in [2.05, 4.69) is 10.1 Å². The third-order valence-electron chi connectivity index (χ3n) is 4.17. The van der Waals surface area contributed by atoms with Gasteiger partial charge < -0.3 is 14.4 Å². The van der Waals surface area contributed by atoms with E-state index in [1.165, 1.54) is 12.1 Å². The van der Waals surface area contributed by atoms with Crippen molar-refractivity contribution in [3.63, 3.8) is 0 Å². The normalized spacial score (nSPS) is 20.6. The first-order chi connectivity index (χ1) is 11.9. The second kappa shape index (κ2) is 7.11. The summed E-state index contributed by atoms with van der Waals surface area (Å²) in [5, 5.41) is 13.0. The summed E-state index contributed by atoms with van der Waals surface area (Å²) in [5.74, 6) is 0.422. The molecule has 0 radical (unpaired) electrons. The maximum absolute atomic E-state index is 12.8. The van der Waals surface area contributed by atoms with Crippen LogP contribution in [0, 0.1) is 0 Å². The molecule has 1 aromatic heterocycles. The van der Waals surface area contributed by atoms with Crippen molar-refractivity contribution in [3.05, 3.63) is 35.7 Å². The molecule has 9 heteroatoms. The maximum Gasteiger partial charge on any atom is 0.416 e. The number of hydrogen-bond acceptors (Lipinski definition) is 6. The first-order valence-corrected chi connectivity index (χ1v) is 7.86. The Bertz CT molecular complexity index is 720. The summed E-state index contributed by atoms with van der Waals surface area (Å²) in [7, 11) is 0. The molecule has 1 fully saturated rings. The highest BCUT2D eigenvalue weighted by atomic mass is 19.4. The van der Waals surface area contributed by atoms with Gasteiger partial charge in [0.25, 0.3) is 0 Å². The van der Waals surface area contributed by atoms with Crippen LogP contribution in [0.3, 0.4) is 0 Å². The Kier molecular flexibility index (Phi) is 5.07. The first-order valence-electron chi connectivity index (χ1n) is 7.86. The molecule has 0 bridgehead atoms. The standard InChI is InChI=1S/C16H18F3N3O3/c1-10(22-5-6-24-13(8-22)9-23)15-20-14(21-25-15)11-3-2-4-12(7-11)16(17,18)19/h2-4,7,10,13,23H,5-6,8-9H2,1H3. The molecule has 1 saturated heterocycles. The van der Waals surface area contributed by atoms with Gasteiger partial charge in [-0.25, -0.2) is 0 Å². The zero-order valence-electron chi connectivity index (χ0n) is 13.5. The number of nitrogens with zero attached hydrogens (tertiary/aromatic N) is 3. The van der Waals surface area contributed by atoms with E-state index >= 15 is 0 Å². The van der Waals surface area contributed by atoms with Gasteiger partial charge in [0, 0.05) is 18.7 Å². The molecule has 2 heterocycles. The van der Waals surface area contributed by atoms with Gasteiger partial charge in [-0.05, 0) is 19.1 Å². The molecule has 136 valence electrons. The van der Waals surface area contributed by atoms with Crippen molar-refractivity contribution in [1.29, 1.82) is 0 Å². The zero-order valence-corrected chi connectivity index (χ0v) is 13.5. The highest BCUT2D eigenvalue weighted by Gasteiger charge is 2.31. The summed E-state index contributed by atoms with van der Waals surface area (Å²) in [6, 6.07) is 4.58. The Labute approximate surface area is 142 Å². The molecule has 25 heavy (non-hydrogen) atoms. The van der Waals surface area contributed by atoms with Crippen LogP contribution in [0.1, 0.15) is 24.4 Å². The molecule has 1 aromatic carbocycles. The van der Waals surface area contributed by atoms with Crippen molar-refractivity contribution < 1.29 is 27.5 Å². The van der Waals surface area contributed by atoms with Crippen LogP contribution in [-0.2, 0) is 10.9 Å². The van der Waals surface area contributed by atoms with Crippen LogP contribution >= 0.6 is 0 Å². The Morgan fingerprint density at radius 2 is 2.20 bits per heavy atom. The lowest BCUT2D eigenvalue weighted by Crippen LogP contribution is -2.45. The summed E-state index contributed by atoms with van der Waals surface area (Å²) in [6.45, 7) is 3.41. The molecule has 0 aliphatic carbocycles. The lowest BCUT2D eigenvalue weighted by molar-refractivity contribution is -0.137. The SMILES string of the molecule is CC(c1nc(-c2cccc(C(F)(F)F)c2)no1)N1CCOC(CO)C1. The topological polar surface area (TPSA) is 71.6 Å². The second-order valence-corrected chi connectivity index (χ2v) is 5.88. The average molecular weight is 357 g/mol. The van der Waals surface area contributed by atoms with Gasteiger partial charge in [0.05, 0.1) is 30.9 Å². The van der Waals surface area contributed by atoms with Crippen LogP contribution in [0.5, 0.6) is 0 Å². The first kappa shape index (κ1) is 17.8. The fourth-order valence-corrected chi connectivity index (χ4v) is 2.72. The van der Waals surface area contributed by atoms with E-state index in [1.807, 2.05) is 11.8 Å². The number of ether oxygens (including phenoxy) is 1. The molecule has 0 amide bonds. The summed E-state index contributed by atoms with van der Waals surface area (Å²) < 4.78 is 49.1. The Morgan fingerprint density at radius 1 is 1.40 bits per heavy atom. The number of aliphatic hydroxyl groups excluding tert-OH is 1. The van der Waals surface area contributed by atoms with Crippen LogP contribution in [0.15, 0.2) is 28.8 Å². The number of halogens is 3. The molecule has 1 aliphatic heterocycles. The van der Waals surface area contributed by atoms with Crippen molar-refractivity contribution in [2.24, 2.45) is 0 Å². The molecular formula is C16H18F3N3O3. The monoisotopic (exact) mass is 357 g/mol. The van der Waals surface area contributed by atoms with Crippen LogP contribution < -0.4 is 0 Å². The number of aliphatic hydroxyl groups is 1. The lowest BCUT2D eigenvalue weighted by atomic mass is 10.1. The molecule has 0 saturated carbocycles. The minimum atomic E-state index is -4.43. The number of morpholine rings is 1. The van der Waals surface area contributed by atoms with Crippen LogP contribution in [0.4, 0.5) is 13.2 Å². The third-order valence-corrected chi connectivity index (χ3v) is 4.17. The van der Waals surface area contributed by atoms with Gasteiger partial charge in [0.2, 0.25) is 11.7 Å². The highest BCUT2D eigenvalue weighted by molar-refractivity contribution is 5.55. The molecule has 1 aliphatic rings. The van der Waals surface area contributed by atoms with E-state index in [0.29, 0.717) is 25.6 Å². The molecule has 1 N–H and O–H groups in total. The van der Waals surface area contributed by atoms with Gasteiger partial charge in [0.1, 0.15) is 0 Å². The van der Waals surface area contributed by atoms with Gasteiger partial charge >= 0.3 is 6.18 Å². The van der Waals surface area contributed by atoms with Crippen molar-refractivity contribution in [1.82, 2.24) is 15.0 Å². The quantitative estimate of drug-likeness (QED) is 0.907. The second-order valence-electron chi connectivity index (χ2n) is 5.88. The van der Waals surface area contributed by atoms with Gasteiger partial charge in [-0.1, -0.05) is 17.3 Å². The minimum Gasteiger partial charge on any atom is -0.394 e. The predicted molar refractivity (Wildman–Crippen MR) is 81.5 cm³/mol. The molecule has 2 atom stereocenters. The number of benzene rings is 1. The number of hydrogen-bond donors (Lipinski definition) is 1. The van der Waals surface area contributed by atoms with Gasteiger partial charge in [0.15, 0.2) is 0 Å². The smallest absolute Gasteiger partial charge is 0.394 e. The fourth-order valence-electron chi connectivity index (χ4n) is 2.72. The zero-order chi connectivity index (χ0) is 18.0.